The number of nitrogens with zero attached hydrogens (tertiary/aromatic N) is 2. The van der Waals surface area contributed by atoms with Crippen molar-refractivity contribution >= 4 is 23.5 Å². The molecule has 2 N–H and O–H groups in total. The molecule has 2 aliphatic heterocycles. The van der Waals surface area contributed by atoms with Crippen molar-refractivity contribution in [3.63, 3.8) is 0 Å². The lowest BCUT2D eigenvalue weighted by Gasteiger charge is -2.30. The van der Waals surface area contributed by atoms with E-state index in [1.165, 1.54) is 13.0 Å². The lowest BCUT2D eigenvalue weighted by molar-refractivity contribution is -0.139. The van der Waals surface area contributed by atoms with Crippen LogP contribution in [0.2, 0.25) is 0 Å². The number of alkyl halides is 3. The van der Waals surface area contributed by atoms with Crippen LogP contribution in [0.4, 0.5) is 23.7 Å². The van der Waals surface area contributed by atoms with Gasteiger partial charge < -0.3 is 20.3 Å². The fraction of sp³-hybridized carbons (Fsp3) is 0.591. The monoisotopic (exact) mass is 468 g/mol. The maximum Gasteiger partial charge on any atom is 0.416 e. The van der Waals surface area contributed by atoms with Gasteiger partial charge in [0.15, 0.2) is 0 Å². The predicted octanol–water partition coefficient (Wildman–Crippen LogP) is 2.41. The molecular weight excluding hydrogens is 441 g/mol. The first-order valence-corrected chi connectivity index (χ1v) is 11.1. The van der Waals surface area contributed by atoms with Gasteiger partial charge in [-0.05, 0) is 37.5 Å². The zero-order valence-corrected chi connectivity index (χ0v) is 18.3. The molecule has 1 aromatic carbocycles. The zero-order chi connectivity index (χ0) is 23.8. The van der Waals surface area contributed by atoms with Crippen LogP contribution in [0.3, 0.4) is 0 Å². The van der Waals surface area contributed by atoms with Crippen molar-refractivity contribution < 1.29 is 32.3 Å². The first-order chi connectivity index (χ1) is 15.6. The Labute approximate surface area is 189 Å². The van der Waals surface area contributed by atoms with E-state index < -0.39 is 41.2 Å². The summed E-state index contributed by atoms with van der Waals surface area (Å²) in [6, 6.07) is 2.24. The van der Waals surface area contributed by atoms with E-state index in [9.17, 15) is 27.6 Å². The van der Waals surface area contributed by atoms with Crippen molar-refractivity contribution in [2.45, 2.75) is 56.9 Å². The van der Waals surface area contributed by atoms with Crippen molar-refractivity contribution in [1.29, 1.82) is 0 Å². The highest BCUT2D eigenvalue weighted by Crippen LogP contribution is 2.36. The van der Waals surface area contributed by atoms with Gasteiger partial charge in [0.05, 0.1) is 18.8 Å². The number of halogens is 3. The molecule has 11 heteroatoms. The average molecular weight is 468 g/mol. The lowest BCUT2D eigenvalue weighted by atomic mass is 9.97. The van der Waals surface area contributed by atoms with Gasteiger partial charge in [-0.25, -0.2) is 9.69 Å². The first-order valence-electron chi connectivity index (χ1n) is 11.1. The van der Waals surface area contributed by atoms with E-state index in [2.05, 4.69) is 10.6 Å². The molecule has 3 aliphatic rings. The van der Waals surface area contributed by atoms with Crippen LogP contribution in [-0.4, -0.2) is 60.6 Å². The highest BCUT2D eigenvalue weighted by molar-refractivity contribution is 6.09. The molecule has 0 bridgehead atoms. The van der Waals surface area contributed by atoms with E-state index in [0.717, 1.165) is 23.8 Å². The second-order valence-electron chi connectivity index (χ2n) is 8.73. The van der Waals surface area contributed by atoms with Crippen LogP contribution in [0.15, 0.2) is 18.2 Å². The molecule has 1 aliphatic carbocycles. The predicted molar refractivity (Wildman–Crippen MR) is 112 cm³/mol. The molecule has 180 valence electrons. The molecule has 2 heterocycles. The van der Waals surface area contributed by atoms with Crippen LogP contribution in [0, 0.1) is 0 Å². The molecule has 1 saturated carbocycles. The molecule has 1 aromatic rings. The van der Waals surface area contributed by atoms with E-state index in [-0.39, 0.29) is 12.1 Å². The summed E-state index contributed by atoms with van der Waals surface area (Å²) in [5.41, 5.74) is -1.44. The summed E-state index contributed by atoms with van der Waals surface area (Å²) in [6.45, 7) is 2.90. The SMILES string of the molecule is CC(C(=O)NCc1ccc(N2CCOCC2)cc1C(F)(F)F)N1C(=O)NC2(CCCC2)C1=O. The molecule has 33 heavy (non-hydrogen) atoms. The summed E-state index contributed by atoms with van der Waals surface area (Å²) in [5.74, 6) is -1.14. The van der Waals surface area contributed by atoms with E-state index in [1.807, 2.05) is 4.90 Å². The van der Waals surface area contributed by atoms with Gasteiger partial charge in [0, 0.05) is 25.3 Å². The summed E-state index contributed by atoms with van der Waals surface area (Å²) in [7, 11) is 0. The van der Waals surface area contributed by atoms with E-state index in [4.69, 9.17) is 4.74 Å². The molecule has 0 aromatic heterocycles. The summed E-state index contributed by atoms with van der Waals surface area (Å²) < 4.78 is 46.5. The van der Waals surface area contributed by atoms with Crippen LogP contribution < -0.4 is 15.5 Å². The average Bonchev–Trinajstić information content (AvgIpc) is 3.35. The zero-order valence-electron chi connectivity index (χ0n) is 18.3. The largest absolute Gasteiger partial charge is 0.416 e. The van der Waals surface area contributed by atoms with Crippen molar-refractivity contribution in [2.75, 3.05) is 31.2 Å². The van der Waals surface area contributed by atoms with Gasteiger partial charge in [0.25, 0.3) is 5.91 Å². The molecule has 1 unspecified atom stereocenters. The third kappa shape index (κ3) is 4.50. The fourth-order valence-electron chi connectivity index (χ4n) is 4.76. The Bertz CT molecular complexity index is 940. The molecule has 0 radical (unpaired) electrons. The van der Waals surface area contributed by atoms with E-state index >= 15 is 0 Å². The lowest BCUT2D eigenvalue weighted by Crippen LogP contribution is -2.49. The molecular formula is C22H27F3N4O4. The Kier molecular flexibility index (Phi) is 6.26. The molecule has 3 fully saturated rings. The Morgan fingerprint density at radius 1 is 1.21 bits per heavy atom. The van der Waals surface area contributed by atoms with Gasteiger partial charge in [-0.15, -0.1) is 0 Å². The van der Waals surface area contributed by atoms with Crippen LogP contribution in [0.5, 0.6) is 0 Å². The minimum Gasteiger partial charge on any atom is -0.378 e. The number of imide groups is 1. The second-order valence-corrected chi connectivity index (χ2v) is 8.73. The number of morpholine rings is 1. The maximum absolute atomic E-state index is 13.7. The third-order valence-corrected chi connectivity index (χ3v) is 6.65. The van der Waals surface area contributed by atoms with Crippen LogP contribution >= 0.6 is 0 Å². The minimum absolute atomic E-state index is 0.0930. The summed E-state index contributed by atoms with van der Waals surface area (Å²) in [4.78, 5) is 40.6. The van der Waals surface area contributed by atoms with Gasteiger partial charge >= 0.3 is 12.2 Å². The number of anilines is 1. The van der Waals surface area contributed by atoms with E-state index in [1.54, 1.807) is 6.07 Å². The topological polar surface area (TPSA) is 91.0 Å². The summed E-state index contributed by atoms with van der Waals surface area (Å²) in [6.07, 6.45) is -1.95. The number of nitrogens with one attached hydrogen (secondary N) is 2. The Balaban J connectivity index is 1.46. The number of carbonyl (C=O) groups is 3. The number of amides is 4. The van der Waals surface area contributed by atoms with Crippen LogP contribution in [0.25, 0.3) is 0 Å². The third-order valence-electron chi connectivity index (χ3n) is 6.65. The van der Waals surface area contributed by atoms with Gasteiger partial charge in [0.1, 0.15) is 11.6 Å². The number of hydrogen-bond donors (Lipinski definition) is 2. The number of rotatable bonds is 5. The number of ether oxygens (including phenoxy) is 1. The molecule has 4 rings (SSSR count). The molecule has 8 nitrogen and oxygen atoms in total. The Morgan fingerprint density at radius 2 is 1.88 bits per heavy atom. The number of carbonyl (C=O) groups excluding carboxylic acids is 3. The van der Waals surface area contributed by atoms with Crippen molar-refractivity contribution in [1.82, 2.24) is 15.5 Å². The molecule has 4 amide bonds. The Morgan fingerprint density at radius 3 is 2.52 bits per heavy atom. The molecule has 1 atom stereocenters. The van der Waals surface area contributed by atoms with Crippen molar-refractivity contribution in [3.8, 4) is 0 Å². The van der Waals surface area contributed by atoms with Gasteiger partial charge in [0.2, 0.25) is 5.91 Å². The minimum atomic E-state index is -4.60. The second kappa shape index (κ2) is 8.85. The number of benzene rings is 1. The summed E-state index contributed by atoms with van der Waals surface area (Å²) in [5, 5.41) is 5.16. The van der Waals surface area contributed by atoms with Gasteiger partial charge in [-0.3, -0.25) is 9.59 Å². The Hall–Kier alpha value is -2.82. The smallest absolute Gasteiger partial charge is 0.378 e. The molecule has 1 spiro atoms. The maximum atomic E-state index is 13.7. The number of urea groups is 1. The van der Waals surface area contributed by atoms with Crippen molar-refractivity contribution in [3.05, 3.63) is 29.3 Å². The van der Waals surface area contributed by atoms with Gasteiger partial charge in [-0.1, -0.05) is 18.9 Å². The summed E-state index contributed by atoms with van der Waals surface area (Å²) >= 11 is 0. The standard InChI is InChI=1S/C22H27F3N4O4/c1-14(29-19(31)21(27-20(29)32)6-2-3-7-21)18(30)26-13-15-4-5-16(12-17(15)22(23,24)25)28-8-10-33-11-9-28/h4-5,12,14H,2-3,6-11,13H2,1H3,(H,26,30)(H,27,32). The first kappa shape index (κ1) is 23.3. The van der Waals surface area contributed by atoms with E-state index in [0.29, 0.717) is 44.8 Å². The van der Waals surface area contributed by atoms with Crippen molar-refractivity contribution in [2.24, 2.45) is 0 Å². The number of hydrogen-bond acceptors (Lipinski definition) is 5. The fourth-order valence-corrected chi connectivity index (χ4v) is 4.76. The highest BCUT2D eigenvalue weighted by atomic mass is 19.4. The van der Waals surface area contributed by atoms with Crippen LogP contribution in [-0.2, 0) is 27.0 Å². The van der Waals surface area contributed by atoms with Crippen LogP contribution in [0.1, 0.15) is 43.7 Å². The normalized spacial score (nSPS) is 21.5. The molecule has 2 saturated heterocycles. The quantitative estimate of drug-likeness (QED) is 0.648. The highest BCUT2D eigenvalue weighted by Gasteiger charge is 2.54. The van der Waals surface area contributed by atoms with Gasteiger partial charge in [-0.2, -0.15) is 13.2 Å².